The highest BCUT2D eigenvalue weighted by Gasteiger charge is 2.23. The lowest BCUT2D eigenvalue weighted by molar-refractivity contribution is 0.537. The number of hydrogen-bond donors (Lipinski definition) is 1. The fourth-order valence-corrected chi connectivity index (χ4v) is 3.71. The fourth-order valence-electron chi connectivity index (χ4n) is 3.71. The normalized spacial score (nSPS) is 16.3. The number of nitrogens with zero attached hydrogens (tertiary/aromatic N) is 2. The third-order valence-corrected chi connectivity index (χ3v) is 4.90. The van der Waals surface area contributed by atoms with Crippen molar-refractivity contribution in [3.8, 4) is 12.0 Å². The molecule has 1 aliphatic heterocycles. The molecule has 0 fully saturated rings. The van der Waals surface area contributed by atoms with Gasteiger partial charge in [0.1, 0.15) is 0 Å². The Balaban J connectivity index is 1.78. The lowest BCUT2D eigenvalue weighted by Gasteiger charge is -2.21. The molecule has 1 aromatic carbocycles. The predicted octanol–water partition coefficient (Wildman–Crippen LogP) is 4.05. The van der Waals surface area contributed by atoms with Crippen molar-refractivity contribution in [1.29, 1.82) is 0 Å². The van der Waals surface area contributed by atoms with Crippen LogP contribution >= 0.6 is 0 Å². The van der Waals surface area contributed by atoms with Crippen molar-refractivity contribution in [2.45, 2.75) is 39.2 Å². The highest BCUT2D eigenvalue weighted by molar-refractivity contribution is 5.87. The number of aryl methyl sites for hydroxylation is 1. The Bertz CT molecular complexity index is 955. The summed E-state index contributed by atoms with van der Waals surface area (Å²) in [6.45, 7) is 5.41. The molecule has 2 aromatic heterocycles. The van der Waals surface area contributed by atoms with E-state index >= 15 is 0 Å². The van der Waals surface area contributed by atoms with Crippen molar-refractivity contribution in [2.24, 2.45) is 0 Å². The van der Waals surface area contributed by atoms with Gasteiger partial charge in [-0.3, -0.25) is 9.55 Å². The van der Waals surface area contributed by atoms with Crippen LogP contribution in [0.5, 0.6) is 0 Å². The number of hydrogen-bond acceptors (Lipinski definition) is 2. The van der Waals surface area contributed by atoms with Gasteiger partial charge in [-0.15, -0.1) is 0 Å². The highest BCUT2D eigenvalue weighted by Crippen LogP contribution is 2.33. The van der Waals surface area contributed by atoms with Crippen molar-refractivity contribution < 1.29 is 0 Å². The Hall–Kier alpha value is -2.57. The second kappa shape index (κ2) is 6.74. The number of nitrogens with one attached hydrogen (secondary N) is 1. The topological polar surface area (TPSA) is 29.9 Å². The summed E-state index contributed by atoms with van der Waals surface area (Å²) in [6, 6.07) is 16.5. The molecule has 3 heterocycles. The molecule has 0 aliphatic carbocycles. The lowest BCUT2D eigenvalue weighted by Crippen LogP contribution is -2.28. The molecule has 0 bridgehead atoms. The molecule has 1 unspecified atom stereocenters. The van der Waals surface area contributed by atoms with Gasteiger partial charge in [0, 0.05) is 53.6 Å². The molecule has 3 aromatic rings. The summed E-state index contributed by atoms with van der Waals surface area (Å²) in [7, 11) is 0. The summed E-state index contributed by atoms with van der Waals surface area (Å²) >= 11 is 0. The molecule has 25 heavy (non-hydrogen) atoms. The van der Waals surface area contributed by atoms with Crippen LogP contribution in [0.3, 0.4) is 0 Å². The van der Waals surface area contributed by atoms with E-state index in [0.717, 1.165) is 37.1 Å². The van der Waals surface area contributed by atoms with Gasteiger partial charge in [-0.1, -0.05) is 31.5 Å². The molecule has 1 N–H and O–H groups in total. The molecular formula is C22H23N3. The molecule has 1 atom stereocenters. The monoisotopic (exact) mass is 329 g/mol. The van der Waals surface area contributed by atoms with Crippen LogP contribution in [0.1, 0.15) is 48.8 Å². The first kappa shape index (κ1) is 15.9. The Morgan fingerprint density at radius 2 is 2.12 bits per heavy atom. The number of benzene rings is 1. The van der Waals surface area contributed by atoms with E-state index in [1.807, 2.05) is 6.20 Å². The van der Waals surface area contributed by atoms with E-state index in [4.69, 9.17) is 0 Å². The first-order chi connectivity index (χ1) is 12.3. The van der Waals surface area contributed by atoms with Crippen LogP contribution in [0.4, 0.5) is 0 Å². The predicted molar refractivity (Wildman–Crippen MR) is 103 cm³/mol. The van der Waals surface area contributed by atoms with Crippen LogP contribution in [-0.4, -0.2) is 16.1 Å². The first-order valence-corrected chi connectivity index (χ1v) is 9.10. The van der Waals surface area contributed by atoms with E-state index in [1.165, 1.54) is 22.2 Å². The summed E-state index contributed by atoms with van der Waals surface area (Å²) in [4.78, 5) is 4.51. The van der Waals surface area contributed by atoms with Crippen molar-refractivity contribution in [1.82, 2.24) is 14.9 Å². The Morgan fingerprint density at radius 1 is 1.24 bits per heavy atom. The number of para-hydroxylation sites is 1. The van der Waals surface area contributed by atoms with E-state index in [2.05, 4.69) is 77.1 Å². The molecule has 0 spiro atoms. The third kappa shape index (κ3) is 2.94. The summed E-state index contributed by atoms with van der Waals surface area (Å²) in [5, 5.41) is 4.87. The summed E-state index contributed by atoms with van der Waals surface area (Å²) in [5.41, 5.74) is 6.04. The maximum Gasteiger partial charge on any atom is 0.0618 e. The minimum absolute atomic E-state index is 0.367. The van der Waals surface area contributed by atoms with Gasteiger partial charge in [0.25, 0.3) is 0 Å². The van der Waals surface area contributed by atoms with E-state index in [9.17, 15) is 0 Å². The first-order valence-electron chi connectivity index (χ1n) is 9.10. The van der Waals surface area contributed by atoms with E-state index in [-0.39, 0.29) is 0 Å². The van der Waals surface area contributed by atoms with Gasteiger partial charge in [0.2, 0.25) is 0 Å². The summed E-state index contributed by atoms with van der Waals surface area (Å²) in [5.74, 6) is 3.30. The molecular weight excluding hydrogens is 306 g/mol. The highest BCUT2D eigenvalue weighted by atomic mass is 15.0. The van der Waals surface area contributed by atoms with Crippen LogP contribution < -0.4 is 5.32 Å². The van der Waals surface area contributed by atoms with Crippen LogP contribution in [-0.2, 0) is 12.8 Å². The Kier molecular flexibility index (Phi) is 4.29. The maximum atomic E-state index is 4.51. The molecule has 0 saturated heterocycles. The average Bonchev–Trinajstić information content (AvgIpc) is 2.96. The average molecular weight is 329 g/mol. The molecule has 3 nitrogen and oxygen atoms in total. The van der Waals surface area contributed by atoms with Crippen LogP contribution in [0.15, 0.2) is 42.6 Å². The number of rotatable bonds is 2. The van der Waals surface area contributed by atoms with Crippen LogP contribution in [0.25, 0.3) is 10.9 Å². The largest absolute Gasteiger partial charge is 0.310 e. The Morgan fingerprint density at radius 3 is 2.92 bits per heavy atom. The summed E-state index contributed by atoms with van der Waals surface area (Å²) in [6.07, 6.45) is 5.04. The fraction of sp³-hybridized carbons (Fsp3) is 0.318. The van der Waals surface area contributed by atoms with Gasteiger partial charge in [-0.05, 0) is 43.0 Å². The van der Waals surface area contributed by atoms with Gasteiger partial charge in [-0.25, -0.2) is 0 Å². The maximum absolute atomic E-state index is 4.51. The number of aromatic nitrogens is 2. The van der Waals surface area contributed by atoms with Crippen LogP contribution in [0.2, 0.25) is 0 Å². The van der Waals surface area contributed by atoms with Crippen molar-refractivity contribution in [3.05, 3.63) is 65.1 Å². The lowest BCUT2D eigenvalue weighted by atomic mass is 9.99. The molecule has 1 aliphatic rings. The number of pyridine rings is 1. The molecule has 0 saturated carbocycles. The zero-order valence-corrected chi connectivity index (χ0v) is 14.8. The number of fused-ring (bicyclic) bond motifs is 3. The quantitative estimate of drug-likeness (QED) is 0.719. The minimum atomic E-state index is 0.367. The zero-order valence-electron chi connectivity index (χ0n) is 14.8. The minimum Gasteiger partial charge on any atom is -0.310 e. The molecule has 126 valence electrons. The van der Waals surface area contributed by atoms with E-state index in [1.54, 1.807) is 0 Å². The zero-order chi connectivity index (χ0) is 17.2. The van der Waals surface area contributed by atoms with Crippen molar-refractivity contribution >= 4 is 10.9 Å². The molecule has 4 rings (SSSR count). The van der Waals surface area contributed by atoms with Gasteiger partial charge in [0.05, 0.1) is 5.52 Å². The van der Waals surface area contributed by atoms with Gasteiger partial charge in [-0.2, -0.15) is 0 Å². The second-order valence-electron chi connectivity index (χ2n) is 6.66. The van der Waals surface area contributed by atoms with Crippen molar-refractivity contribution in [2.75, 3.05) is 6.54 Å². The Labute approximate surface area is 149 Å². The SMILES string of the molecule is CCCc1ccc(C#Cn2c3c(c4ccccc42)C(C)NCC3)cn1. The van der Waals surface area contributed by atoms with Gasteiger partial charge in [0.15, 0.2) is 0 Å². The molecule has 3 heteroatoms. The smallest absolute Gasteiger partial charge is 0.0618 e. The standard InChI is InChI=1S/C22H23N3/c1-3-6-18-10-9-17(15-24-18)12-14-25-20-8-5-4-7-19(20)22-16(2)23-13-11-21(22)25/h4-5,7-10,15-16,23H,3,6,11,13H2,1-2H3. The molecule has 0 amide bonds. The van der Waals surface area contributed by atoms with Gasteiger partial charge >= 0.3 is 0 Å². The summed E-state index contributed by atoms with van der Waals surface area (Å²) < 4.78 is 2.18. The van der Waals surface area contributed by atoms with Crippen LogP contribution in [0, 0.1) is 12.0 Å². The second-order valence-corrected chi connectivity index (χ2v) is 6.66. The van der Waals surface area contributed by atoms with E-state index < -0.39 is 0 Å². The third-order valence-electron chi connectivity index (χ3n) is 4.90. The van der Waals surface area contributed by atoms with E-state index in [0.29, 0.717) is 6.04 Å². The molecule has 0 radical (unpaired) electrons. The van der Waals surface area contributed by atoms with Crippen molar-refractivity contribution in [3.63, 3.8) is 0 Å². The van der Waals surface area contributed by atoms with Gasteiger partial charge < -0.3 is 5.32 Å².